The van der Waals surface area contributed by atoms with Crippen LogP contribution in [0.3, 0.4) is 0 Å². The molecule has 2 aromatic carbocycles. The SMILES string of the molecule is O=S(=O)(NCc1cc(C(F)(F)F)cc(C(F)(F)F)c1)c1cc(C(F)(F)F)cc(C(F)(F)F)c1. The van der Waals surface area contributed by atoms with Gasteiger partial charge >= 0.3 is 24.7 Å². The van der Waals surface area contributed by atoms with Gasteiger partial charge in [0.05, 0.1) is 27.1 Å². The summed E-state index contributed by atoms with van der Waals surface area (Å²) in [5.41, 5.74) is -8.48. The molecule has 0 fully saturated rings. The van der Waals surface area contributed by atoms with E-state index >= 15 is 0 Å². The molecule has 0 bridgehead atoms. The van der Waals surface area contributed by atoms with Gasteiger partial charge < -0.3 is 0 Å². The van der Waals surface area contributed by atoms with E-state index in [1.165, 1.54) is 4.72 Å². The van der Waals surface area contributed by atoms with Crippen molar-refractivity contribution in [3.63, 3.8) is 0 Å². The molecule has 2 aromatic rings. The van der Waals surface area contributed by atoms with Gasteiger partial charge in [-0.3, -0.25) is 0 Å². The molecule has 0 saturated heterocycles. The molecule has 3 nitrogen and oxygen atoms in total. The van der Waals surface area contributed by atoms with Crippen molar-refractivity contribution >= 4 is 10.0 Å². The monoisotopic (exact) mass is 519 g/mol. The molecule has 184 valence electrons. The highest BCUT2D eigenvalue weighted by Crippen LogP contribution is 2.38. The summed E-state index contributed by atoms with van der Waals surface area (Å²) >= 11 is 0. The van der Waals surface area contributed by atoms with Gasteiger partial charge in [-0.15, -0.1) is 0 Å². The lowest BCUT2D eigenvalue weighted by atomic mass is 10.0. The molecule has 0 aliphatic heterocycles. The molecular weight excluding hydrogens is 510 g/mol. The third kappa shape index (κ3) is 6.75. The molecule has 0 spiro atoms. The van der Waals surface area contributed by atoms with Gasteiger partial charge in [0.25, 0.3) is 0 Å². The van der Waals surface area contributed by atoms with Gasteiger partial charge in [0, 0.05) is 6.54 Å². The van der Waals surface area contributed by atoms with Gasteiger partial charge in [-0.2, -0.15) is 52.7 Å². The van der Waals surface area contributed by atoms with E-state index < -0.39 is 74.0 Å². The summed E-state index contributed by atoms with van der Waals surface area (Å²) in [7, 11) is -5.23. The molecule has 2 rings (SSSR count). The van der Waals surface area contributed by atoms with Crippen molar-refractivity contribution in [1.82, 2.24) is 4.72 Å². The van der Waals surface area contributed by atoms with E-state index in [9.17, 15) is 61.1 Å². The number of rotatable bonds is 4. The van der Waals surface area contributed by atoms with Crippen molar-refractivity contribution < 1.29 is 61.1 Å². The Balaban J connectivity index is 2.49. The summed E-state index contributed by atoms with van der Waals surface area (Å²) in [6, 6.07) is -0.645. The van der Waals surface area contributed by atoms with Gasteiger partial charge in [0.2, 0.25) is 10.0 Å². The predicted molar refractivity (Wildman–Crippen MR) is 86.9 cm³/mol. The first-order chi connectivity index (χ1) is 14.6. The van der Waals surface area contributed by atoms with Gasteiger partial charge in [-0.25, -0.2) is 13.1 Å². The van der Waals surface area contributed by atoms with Crippen LogP contribution in [-0.2, 0) is 41.3 Å². The van der Waals surface area contributed by atoms with Gasteiger partial charge in [-0.05, 0) is 42.0 Å². The number of hydrogen-bond acceptors (Lipinski definition) is 2. The molecule has 0 amide bonds. The minimum absolute atomic E-state index is 0.144. The van der Waals surface area contributed by atoms with Crippen LogP contribution in [0, 0.1) is 0 Å². The standard InChI is InChI=1S/C17H9F12NO2S/c18-14(19,20)9-1-8(2-10(3-9)15(21,22)23)7-30-33(31,32)13-5-11(16(24,25)26)4-12(6-13)17(27,28)29/h1-6,30H,7H2. The molecule has 0 aliphatic rings. The van der Waals surface area contributed by atoms with E-state index in [1.807, 2.05) is 0 Å². The average molecular weight is 519 g/mol. The number of sulfonamides is 1. The largest absolute Gasteiger partial charge is 0.416 e. The van der Waals surface area contributed by atoms with E-state index in [-0.39, 0.29) is 36.4 Å². The first kappa shape index (κ1) is 26.8. The van der Waals surface area contributed by atoms with Gasteiger partial charge in [0.15, 0.2) is 0 Å². The maximum Gasteiger partial charge on any atom is 0.416 e. The van der Waals surface area contributed by atoms with Crippen molar-refractivity contribution in [1.29, 1.82) is 0 Å². The molecule has 33 heavy (non-hydrogen) atoms. The predicted octanol–water partition coefficient (Wildman–Crippen LogP) is 6.24. The first-order valence-electron chi connectivity index (χ1n) is 8.18. The zero-order valence-electron chi connectivity index (χ0n) is 15.4. The lowest BCUT2D eigenvalue weighted by molar-refractivity contribution is -0.144. The van der Waals surface area contributed by atoms with Crippen LogP contribution >= 0.6 is 0 Å². The molecule has 1 N–H and O–H groups in total. The molecule has 0 aliphatic carbocycles. The maximum atomic E-state index is 12.9. The number of hydrogen-bond donors (Lipinski definition) is 1. The summed E-state index contributed by atoms with van der Waals surface area (Å²) in [5, 5.41) is 0. The zero-order chi connectivity index (χ0) is 25.6. The van der Waals surface area contributed by atoms with Crippen LogP contribution < -0.4 is 4.72 Å². The van der Waals surface area contributed by atoms with E-state index in [0.717, 1.165) is 0 Å². The van der Waals surface area contributed by atoms with Crippen LogP contribution in [-0.4, -0.2) is 8.42 Å². The molecule has 0 saturated carbocycles. The Labute approximate surface area is 177 Å². The quantitative estimate of drug-likeness (QED) is 0.487. The Kier molecular flexibility index (Phi) is 6.79. The highest BCUT2D eigenvalue weighted by atomic mass is 32.2. The van der Waals surface area contributed by atoms with Crippen LogP contribution in [0.15, 0.2) is 41.3 Å². The number of halogens is 12. The summed E-state index contributed by atoms with van der Waals surface area (Å²) in [5.74, 6) is 0. The van der Waals surface area contributed by atoms with Gasteiger partial charge in [0.1, 0.15) is 0 Å². The van der Waals surface area contributed by atoms with E-state index in [2.05, 4.69) is 0 Å². The summed E-state index contributed by atoms with van der Waals surface area (Å²) in [6.07, 6.45) is -21.3. The third-order valence-corrected chi connectivity index (χ3v) is 5.37. The Bertz CT molecular complexity index is 1060. The maximum absolute atomic E-state index is 12.9. The smallest absolute Gasteiger partial charge is 0.207 e. The van der Waals surface area contributed by atoms with Gasteiger partial charge in [-0.1, -0.05) is 0 Å². The third-order valence-electron chi connectivity index (χ3n) is 3.99. The first-order valence-corrected chi connectivity index (χ1v) is 9.66. The van der Waals surface area contributed by atoms with Crippen LogP contribution in [0.5, 0.6) is 0 Å². The van der Waals surface area contributed by atoms with Crippen LogP contribution in [0.25, 0.3) is 0 Å². The minimum Gasteiger partial charge on any atom is -0.207 e. The average Bonchev–Trinajstić information content (AvgIpc) is 2.63. The van der Waals surface area contributed by atoms with Crippen molar-refractivity contribution in [2.45, 2.75) is 36.1 Å². The second-order valence-electron chi connectivity index (χ2n) is 6.48. The molecule has 16 heteroatoms. The normalized spacial score (nSPS) is 13.9. The molecule has 0 radical (unpaired) electrons. The fourth-order valence-corrected chi connectivity index (χ4v) is 3.55. The van der Waals surface area contributed by atoms with E-state index in [0.29, 0.717) is 0 Å². The Hall–Kier alpha value is -2.49. The Morgan fingerprint density at radius 1 is 0.545 bits per heavy atom. The van der Waals surface area contributed by atoms with Crippen molar-refractivity contribution in [2.75, 3.05) is 0 Å². The fourth-order valence-electron chi connectivity index (χ4n) is 2.46. The fraction of sp³-hybridized carbons (Fsp3) is 0.294. The van der Waals surface area contributed by atoms with Crippen LogP contribution in [0.2, 0.25) is 0 Å². The minimum atomic E-state index is -5.39. The Morgan fingerprint density at radius 2 is 0.848 bits per heavy atom. The lowest BCUT2D eigenvalue weighted by Gasteiger charge is -2.16. The number of nitrogens with one attached hydrogen (secondary N) is 1. The summed E-state index contributed by atoms with van der Waals surface area (Å²) in [6.45, 7) is -1.30. The highest BCUT2D eigenvalue weighted by Gasteiger charge is 2.39. The Morgan fingerprint density at radius 3 is 1.15 bits per heavy atom. The second-order valence-corrected chi connectivity index (χ2v) is 8.25. The van der Waals surface area contributed by atoms with E-state index in [1.54, 1.807) is 0 Å². The summed E-state index contributed by atoms with van der Waals surface area (Å²) in [4.78, 5) is -1.55. The topological polar surface area (TPSA) is 46.2 Å². The molecular formula is C17H9F12NO2S. The molecule has 0 unspecified atom stereocenters. The molecule has 0 heterocycles. The lowest BCUT2D eigenvalue weighted by Crippen LogP contribution is -2.25. The highest BCUT2D eigenvalue weighted by molar-refractivity contribution is 7.89. The van der Waals surface area contributed by atoms with Crippen LogP contribution in [0.4, 0.5) is 52.7 Å². The molecule has 0 atom stereocenters. The number of alkyl halides is 12. The van der Waals surface area contributed by atoms with E-state index in [4.69, 9.17) is 0 Å². The van der Waals surface area contributed by atoms with Crippen molar-refractivity contribution in [2.24, 2.45) is 0 Å². The zero-order valence-corrected chi connectivity index (χ0v) is 16.2. The summed E-state index contributed by atoms with van der Waals surface area (Å²) < 4.78 is 180. The van der Waals surface area contributed by atoms with Crippen molar-refractivity contribution in [3.8, 4) is 0 Å². The molecule has 0 aromatic heterocycles. The number of benzene rings is 2. The van der Waals surface area contributed by atoms with Crippen molar-refractivity contribution in [3.05, 3.63) is 64.2 Å². The second kappa shape index (κ2) is 8.38. The van der Waals surface area contributed by atoms with Crippen LogP contribution in [0.1, 0.15) is 27.8 Å².